The van der Waals surface area contributed by atoms with Crippen LogP contribution < -0.4 is 0 Å². The van der Waals surface area contributed by atoms with E-state index in [0.717, 1.165) is 24.2 Å². The van der Waals surface area contributed by atoms with Gasteiger partial charge < -0.3 is 9.64 Å². The molecule has 4 nitrogen and oxygen atoms in total. The molecule has 0 N–H and O–H groups in total. The zero-order valence-electron chi connectivity index (χ0n) is 13.0. The Morgan fingerprint density at radius 2 is 2.13 bits per heavy atom. The molecule has 0 unspecified atom stereocenters. The van der Waals surface area contributed by atoms with E-state index in [1.54, 1.807) is 17.3 Å². The maximum absolute atomic E-state index is 14.2. The van der Waals surface area contributed by atoms with Crippen LogP contribution in [0.25, 0.3) is 0 Å². The number of rotatable bonds is 4. The van der Waals surface area contributed by atoms with E-state index >= 15 is 0 Å². The topological polar surface area (TPSA) is 42.4 Å². The van der Waals surface area contributed by atoms with Crippen LogP contribution in [0.3, 0.4) is 0 Å². The van der Waals surface area contributed by atoms with Gasteiger partial charge in [0.25, 0.3) is 5.91 Å². The molecule has 0 bridgehead atoms. The molecule has 1 aliphatic carbocycles. The summed E-state index contributed by atoms with van der Waals surface area (Å²) < 4.78 is 20.3. The van der Waals surface area contributed by atoms with Crippen LogP contribution in [0, 0.1) is 0 Å². The van der Waals surface area contributed by atoms with Gasteiger partial charge in [-0.15, -0.1) is 11.8 Å². The molecule has 1 spiro atoms. The summed E-state index contributed by atoms with van der Waals surface area (Å²) in [4.78, 5) is 17.9. The standard InChI is InChI=1S/C17H21FN2O2S/c18-17(4-1-5-17)15(21)20-11-16(12-20)8-14(10-23-16)22-9-13-2-6-19-7-3-13/h2-3,6-7,14H,1,4-5,8-12H2/t14-/m0/s1. The van der Waals surface area contributed by atoms with Crippen LogP contribution in [0.5, 0.6) is 0 Å². The van der Waals surface area contributed by atoms with Gasteiger partial charge in [-0.3, -0.25) is 9.78 Å². The summed E-state index contributed by atoms with van der Waals surface area (Å²) in [6.45, 7) is 1.95. The fourth-order valence-corrected chi connectivity index (χ4v) is 5.15. The predicted molar refractivity (Wildman–Crippen MR) is 86.9 cm³/mol. The monoisotopic (exact) mass is 336 g/mol. The minimum atomic E-state index is -1.55. The average Bonchev–Trinajstić information content (AvgIpc) is 2.94. The number of hydrogen-bond donors (Lipinski definition) is 0. The number of hydrogen-bond acceptors (Lipinski definition) is 4. The molecule has 1 saturated carbocycles. The molecule has 6 heteroatoms. The average molecular weight is 336 g/mol. The normalized spacial score (nSPS) is 27.5. The largest absolute Gasteiger partial charge is 0.373 e. The summed E-state index contributed by atoms with van der Waals surface area (Å²) in [7, 11) is 0. The Balaban J connectivity index is 1.26. The molecule has 124 valence electrons. The van der Waals surface area contributed by atoms with Gasteiger partial charge in [-0.05, 0) is 43.4 Å². The van der Waals surface area contributed by atoms with E-state index < -0.39 is 5.67 Å². The highest BCUT2D eigenvalue weighted by molar-refractivity contribution is 8.01. The van der Waals surface area contributed by atoms with Gasteiger partial charge in [0.1, 0.15) is 0 Å². The summed E-state index contributed by atoms with van der Waals surface area (Å²) in [6.07, 6.45) is 6.35. The Hall–Kier alpha value is -1.14. The summed E-state index contributed by atoms with van der Waals surface area (Å²) in [5.74, 6) is 0.671. The van der Waals surface area contributed by atoms with Gasteiger partial charge >= 0.3 is 0 Å². The zero-order chi connectivity index (χ0) is 15.9. The number of nitrogens with zero attached hydrogens (tertiary/aromatic N) is 2. The van der Waals surface area contributed by atoms with Crippen LogP contribution in [0.2, 0.25) is 0 Å². The number of aromatic nitrogens is 1. The first-order valence-corrected chi connectivity index (χ1v) is 9.20. The Morgan fingerprint density at radius 3 is 2.78 bits per heavy atom. The molecule has 4 rings (SSSR count). The second-order valence-corrected chi connectivity index (χ2v) is 8.45. The molecule has 3 fully saturated rings. The smallest absolute Gasteiger partial charge is 0.260 e. The predicted octanol–water partition coefficient (Wildman–Crippen LogP) is 2.58. The van der Waals surface area contributed by atoms with Gasteiger partial charge in [-0.2, -0.15) is 0 Å². The summed E-state index contributed by atoms with van der Waals surface area (Å²) >= 11 is 1.88. The number of halogens is 1. The zero-order valence-corrected chi connectivity index (χ0v) is 13.9. The molecule has 0 aromatic carbocycles. The lowest BCUT2D eigenvalue weighted by molar-refractivity contribution is -0.155. The molecule has 2 aliphatic heterocycles. The summed E-state index contributed by atoms with van der Waals surface area (Å²) in [5, 5.41) is 0. The number of carbonyl (C=O) groups excluding carboxylic acids is 1. The SMILES string of the molecule is O=C(N1CC2(C[C@H](OCc3ccncc3)CS2)C1)C1(F)CCC1. The van der Waals surface area contributed by atoms with E-state index in [1.165, 1.54) is 0 Å². The molecule has 23 heavy (non-hydrogen) atoms. The van der Waals surface area contributed by atoms with E-state index in [0.29, 0.717) is 32.5 Å². The Morgan fingerprint density at radius 1 is 1.39 bits per heavy atom. The molecule has 1 atom stereocenters. The lowest BCUT2D eigenvalue weighted by atomic mass is 9.79. The lowest BCUT2D eigenvalue weighted by Gasteiger charge is -2.50. The van der Waals surface area contributed by atoms with Crippen LogP contribution in [0.15, 0.2) is 24.5 Å². The van der Waals surface area contributed by atoms with Crippen molar-refractivity contribution >= 4 is 17.7 Å². The lowest BCUT2D eigenvalue weighted by Crippen LogP contribution is -2.65. The third-order valence-corrected chi connectivity index (χ3v) is 6.76. The molecule has 3 heterocycles. The van der Waals surface area contributed by atoms with Crippen molar-refractivity contribution in [3.63, 3.8) is 0 Å². The Bertz CT molecular complexity index is 588. The van der Waals surface area contributed by atoms with Crippen molar-refractivity contribution in [2.75, 3.05) is 18.8 Å². The van der Waals surface area contributed by atoms with E-state index in [2.05, 4.69) is 4.98 Å². The number of amides is 1. The summed E-state index contributed by atoms with van der Waals surface area (Å²) in [5.41, 5.74) is -0.428. The van der Waals surface area contributed by atoms with Gasteiger partial charge in [0.2, 0.25) is 0 Å². The third-order valence-electron chi connectivity index (χ3n) is 5.18. The molecule has 0 radical (unpaired) electrons. The number of thioether (sulfide) groups is 1. The van der Waals surface area contributed by atoms with Crippen LogP contribution in [0.1, 0.15) is 31.2 Å². The maximum atomic E-state index is 14.2. The van der Waals surface area contributed by atoms with Crippen LogP contribution in [0.4, 0.5) is 4.39 Å². The molecular weight excluding hydrogens is 315 g/mol. The first kappa shape index (κ1) is 15.4. The molecule has 3 aliphatic rings. The molecule has 1 amide bonds. The van der Waals surface area contributed by atoms with E-state index in [4.69, 9.17) is 4.74 Å². The van der Waals surface area contributed by atoms with Crippen LogP contribution >= 0.6 is 11.8 Å². The first-order chi connectivity index (χ1) is 11.1. The molecular formula is C17H21FN2O2S. The minimum Gasteiger partial charge on any atom is -0.373 e. The van der Waals surface area contributed by atoms with Crippen LogP contribution in [-0.2, 0) is 16.1 Å². The van der Waals surface area contributed by atoms with Crippen molar-refractivity contribution in [3.05, 3.63) is 30.1 Å². The highest BCUT2D eigenvalue weighted by atomic mass is 32.2. The van der Waals surface area contributed by atoms with Gasteiger partial charge in [-0.25, -0.2) is 4.39 Å². The van der Waals surface area contributed by atoms with Gasteiger partial charge in [-0.1, -0.05) is 0 Å². The van der Waals surface area contributed by atoms with Crippen molar-refractivity contribution in [1.29, 1.82) is 0 Å². The second-order valence-electron chi connectivity index (χ2n) is 6.97. The number of likely N-dealkylation sites (tertiary alicyclic amines) is 1. The Labute approximate surface area is 139 Å². The molecule has 2 saturated heterocycles. The van der Waals surface area contributed by atoms with Crippen molar-refractivity contribution in [3.8, 4) is 0 Å². The molecule has 1 aromatic heterocycles. The summed E-state index contributed by atoms with van der Waals surface area (Å²) in [6, 6.07) is 3.92. The number of pyridine rings is 1. The van der Waals surface area contributed by atoms with Crippen molar-refractivity contribution in [2.45, 2.75) is 48.8 Å². The first-order valence-electron chi connectivity index (χ1n) is 8.21. The fraction of sp³-hybridized carbons (Fsp3) is 0.647. The highest BCUT2D eigenvalue weighted by Crippen LogP contribution is 2.48. The van der Waals surface area contributed by atoms with E-state index in [9.17, 15) is 9.18 Å². The number of carbonyl (C=O) groups is 1. The number of ether oxygens (including phenoxy) is 1. The fourth-order valence-electron chi connectivity index (χ4n) is 3.60. The van der Waals surface area contributed by atoms with Gasteiger partial charge in [0.05, 0.1) is 17.5 Å². The van der Waals surface area contributed by atoms with Crippen molar-refractivity contribution in [1.82, 2.24) is 9.88 Å². The van der Waals surface area contributed by atoms with E-state index in [-0.39, 0.29) is 16.8 Å². The second kappa shape index (κ2) is 5.74. The molecule has 1 aromatic rings. The quantitative estimate of drug-likeness (QED) is 0.847. The third kappa shape index (κ3) is 2.87. The van der Waals surface area contributed by atoms with Gasteiger partial charge in [0.15, 0.2) is 5.67 Å². The minimum absolute atomic E-state index is 0.0959. The van der Waals surface area contributed by atoms with Crippen LogP contribution in [-0.4, -0.2) is 51.2 Å². The maximum Gasteiger partial charge on any atom is 0.260 e. The highest BCUT2D eigenvalue weighted by Gasteiger charge is 2.56. The van der Waals surface area contributed by atoms with Crippen molar-refractivity contribution < 1.29 is 13.9 Å². The van der Waals surface area contributed by atoms with Gasteiger partial charge in [0, 0.05) is 31.2 Å². The van der Waals surface area contributed by atoms with E-state index in [1.807, 2.05) is 23.9 Å². The number of alkyl halides is 1. The Kier molecular flexibility index (Phi) is 3.84. The van der Waals surface area contributed by atoms with Crippen molar-refractivity contribution in [2.24, 2.45) is 0 Å².